The van der Waals surface area contributed by atoms with Crippen LogP contribution in [0.15, 0.2) is 98.1 Å². The Kier molecular flexibility index (Phi) is 5.52. The highest BCUT2D eigenvalue weighted by Gasteiger charge is 2.26. The zero-order chi connectivity index (χ0) is 25.6. The molecular weight excluding hydrogens is 484 g/mol. The van der Waals surface area contributed by atoms with Crippen molar-refractivity contribution in [3.63, 3.8) is 0 Å². The number of nitrogens with zero attached hydrogens (tertiary/aromatic N) is 4. The van der Waals surface area contributed by atoms with Crippen molar-refractivity contribution >= 4 is 48.0 Å². The average Bonchev–Trinajstić information content (AvgIpc) is 3.52. The van der Waals surface area contributed by atoms with Gasteiger partial charge in [0, 0.05) is 42.4 Å². The second kappa shape index (κ2) is 9.19. The predicted molar refractivity (Wildman–Crippen MR) is 160 cm³/mol. The number of thiophene rings is 1. The van der Waals surface area contributed by atoms with Crippen molar-refractivity contribution in [3.05, 3.63) is 115 Å². The molecular formula is C33H26N4S. The number of benzene rings is 3. The molecule has 0 unspecified atom stereocenters. The molecule has 6 aromatic rings. The molecule has 5 heteroatoms. The summed E-state index contributed by atoms with van der Waals surface area (Å²) in [6.07, 6.45) is 9.86. The van der Waals surface area contributed by atoms with Gasteiger partial charge in [-0.1, -0.05) is 86.0 Å². The molecule has 0 saturated carbocycles. The first-order valence-electron chi connectivity index (χ1n) is 13.0. The van der Waals surface area contributed by atoms with Crippen LogP contribution in [0.5, 0.6) is 0 Å². The van der Waals surface area contributed by atoms with Gasteiger partial charge < -0.3 is 0 Å². The van der Waals surface area contributed by atoms with E-state index < -0.39 is 0 Å². The van der Waals surface area contributed by atoms with E-state index in [4.69, 9.17) is 15.0 Å². The van der Waals surface area contributed by atoms with E-state index in [1.54, 1.807) is 12.2 Å². The first-order valence-corrected chi connectivity index (χ1v) is 13.8. The number of hydrogen-bond acceptors (Lipinski definition) is 4. The molecule has 3 aromatic carbocycles. The van der Waals surface area contributed by atoms with Crippen molar-refractivity contribution in [1.29, 1.82) is 0 Å². The first-order chi connectivity index (χ1) is 18.8. The van der Waals surface area contributed by atoms with E-state index in [0.29, 0.717) is 17.6 Å². The van der Waals surface area contributed by atoms with Gasteiger partial charge in [0.1, 0.15) is 0 Å². The molecule has 4 nitrogen and oxygen atoms in total. The zero-order valence-corrected chi connectivity index (χ0v) is 21.8. The summed E-state index contributed by atoms with van der Waals surface area (Å²) in [6.45, 7) is 7.88. The quantitative estimate of drug-likeness (QED) is 0.218. The number of rotatable bonds is 5. The second-order valence-corrected chi connectivity index (χ2v) is 10.7. The maximum Gasteiger partial charge on any atom is 0.238 e. The summed E-state index contributed by atoms with van der Waals surface area (Å²) in [5, 5.41) is 4.01. The lowest BCUT2D eigenvalue weighted by atomic mass is 9.95. The summed E-state index contributed by atoms with van der Waals surface area (Å²) in [6, 6.07) is 23.3. The van der Waals surface area contributed by atoms with Gasteiger partial charge in [0.2, 0.25) is 5.95 Å². The van der Waals surface area contributed by atoms with Crippen molar-refractivity contribution in [2.45, 2.75) is 25.7 Å². The molecule has 0 bridgehead atoms. The van der Waals surface area contributed by atoms with Gasteiger partial charge in [0.25, 0.3) is 0 Å². The predicted octanol–water partition coefficient (Wildman–Crippen LogP) is 8.48. The summed E-state index contributed by atoms with van der Waals surface area (Å²) < 4.78 is 4.97. The number of aryl methyl sites for hydroxylation is 1. The number of allylic oxidation sites excluding steroid dienone is 4. The molecule has 0 atom stereocenters. The fourth-order valence-corrected chi connectivity index (χ4v) is 6.98. The van der Waals surface area contributed by atoms with Crippen LogP contribution in [0.1, 0.15) is 29.9 Å². The van der Waals surface area contributed by atoms with Gasteiger partial charge in [0.05, 0.1) is 5.52 Å². The lowest BCUT2D eigenvalue weighted by Gasteiger charge is -2.16. The third kappa shape index (κ3) is 3.54. The Morgan fingerprint density at radius 2 is 1.66 bits per heavy atom. The van der Waals surface area contributed by atoms with Gasteiger partial charge in [-0.15, -0.1) is 11.3 Å². The maximum atomic E-state index is 5.06. The molecule has 0 amide bonds. The van der Waals surface area contributed by atoms with E-state index in [1.165, 1.54) is 48.8 Å². The normalized spacial score (nSPS) is 13.7. The Labute approximate surface area is 225 Å². The molecule has 3 heterocycles. The van der Waals surface area contributed by atoms with Crippen LogP contribution in [0.25, 0.3) is 54.0 Å². The summed E-state index contributed by atoms with van der Waals surface area (Å²) in [4.78, 5) is 14.9. The van der Waals surface area contributed by atoms with Gasteiger partial charge in [-0.05, 0) is 43.4 Å². The fourth-order valence-electron chi connectivity index (χ4n) is 5.71. The van der Waals surface area contributed by atoms with E-state index in [9.17, 15) is 0 Å². The Balaban J connectivity index is 1.57. The van der Waals surface area contributed by atoms with Crippen LogP contribution in [0.4, 0.5) is 0 Å². The number of fused-ring (bicyclic) bond motifs is 7. The molecule has 3 aromatic heterocycles. The first kappa shape index (κ1) is 22.8. The van der Waals surface area contributed by atoms with Crippen LogP contribution in [-0.4, -0.2) is 19.5 Å². The van der Waals surface area contributed by atoms with Crippen molar-refractivity contribution < 1.29 is 0 Å². The SMILES string of the molecule is C=C/C=C(\C=C)c1nc(-c2ccccc2)nc(-n2c3c(c4c5sc6ccccc6c5ccc42)CCCC3)n1. The van der Waals surface area contributed by atoms with Gasteiger partial charge in [-0.25, -0.2) is 4.98 Å². The molecule has 0 spiro atoms. The van der Waals surface area contributed by atoms with Crippen LogP contribution in [0.3, 0.4) is 0 Å². The molecule has 0 aliphatic heterocycles. The highest BCUT2D eigenvalue weighted by molar-refractivity contribution is 7.26. The third-order valence-corrected chi connectivity index (χ3v) is 8.61. The van der Waals surface area contributed by atoms with Gasteiger partial charge in [-0.3, -0.25) is 4.57 Å². The van der Waals surface area contributed by atoms with E-state index in [2.05, 4.69) is 54.1 Å². The topological polar surface area (TPSA) is 43.6 Å². The highest BCUT2D eigenvalue weighted by atomic mass is 32.1. The summed E-state index contributed by atoms with van der Waals surface area (Å²) >= 11 is 1.89. The largest absolute Gasteiger partial charge is 0.282 e. The molecule has 7 rings (SSSR count). The smallest absolute Gasteiger partial charge is 0.238 e. The van der Waals surface area contributed by atoms with E-state index >= 15 is 0 Å². The Hall–Kier alpha value is -4.35. The zero-order valence-electron chi connectivity index (χ0n) is 21.0. The minimum Gasteiger partial charge on any atom is -0.282 e. The average molecular weight is 511 g/mol. The molecule has 1 aliphatic rings. The van der Waals surface area contributed by atoms with Crippen LogP contribution < -0.4 is 0 Å². The minimum absolute atomic E-state index is 0.595. The van der Waals surface area contributed by atoms with Crippen molar-refractivity contribution in [2.75, 3.05) is 0 Å². The number of aromatic nitrogens is 4. The van der Waals surface area contributed by atoms with Crippen molar-refractivity contribution in [1.82, 2.24) is 19.5 Å². The molecule has 184 valence electrons. The van der Waals surface area contributed by atoms with E-state index in [1.807, 2.05) is 47.7 Å². The van der Waals surface area contributed by atoms with E-state index in [0.717, 1.165) is 30.4 Å². The van der Waals surface area contributed by atoms with Crippen molar-refractivity contribution in [3.8, 4) is 17.3 Å². The Morgan fingerprint density at radius 1 is 0.842 bits per heavy atom. The van der Waals surface area contributed by atoms with Crippen LogP contribution >= 0.6 is 11.3 Å². The monoisotopic (exact) mass is 510 g/mol. The molecule has 1 aliphatic carbocycles. The fraction of sp³-hybridized carbons (Fsp3) is 0.121. The molecule has 0 N–H and O–H groups in total. The highest BCUT2D eigenvalue weighted by Crippen LogP contribution is 2.43. The summed E-state index contributed by atoms with van der Waals surface area (Å²) in [5.41, 5.74) is 5.70. The summed E-state index contributed by atoms with van der Waals surface area (Å²) in [5.74, 6) is 1.90. The van der Waals surface area contributed by atoms with Crippen molar-refractivity contribution in [2.24, 2.45) is 0 Å². The molecule has 0 saturated heterocycles. The Morgan fingerprint density at radius 3 is 2.50 bits per heavy atom. The standard InChI is InChI=1S/C33H26N4S/c1-3-12-21(4-2)31-34-32(22-13-6-5-7-14-22)36-33(35-31)37-26-17-10-8-16-25(26)29-27(37)20-19-24-23-15-9-11-18-28(23)38-30(24)29/h3-7,9,11-15,18-20H,1-2,8,10,16-17H2/b21-12+. The van der Waals surface area contributed by atoms with Crippen LogP contribution in [-0.2, 0) is 12.8 Å². The van der Waals surface area contributed by atoms with Gasteiger partial charge in [0.15, 0.2) is 11.6 Å². The maximum absolute atomic E-state index is 5.06. The lowest BCUT2D eigenvalue weighted by molar-refractivity contribution is 0.661. The minimum atomic E-state index is 0.595. The second-order valence-electron chi connectivity index (χ2n) is 9.61. The van der Waals surface area contributed by atoms with Gasteiger partial charge >= 0.3 is 0 Å². The molecule has 38 heavy (non-hydrogen) atoms. The molecule has 0 radical (unpaired) electrons. The van der Waals surface area contributed by atoms with Crippen LogP contribution in [0.2, 0.25) is 0 Å². The lowest BCUT2D eigenvalue weighted by Crippen LogP contribution is -2.12. The van der Waals surface area contributed by atoms with Crippen LogP contribution in [0, 0.1) is 0 Å². The number of hydrogen-bond donors (Lipinski definition) is 0. The van der Waals surface area contributed by atoms with E-state index in [-0.39, 0.29) is 0 Å². The summed E-state index contributed by atoms with van der Waals surface area (Å²) in [7, 11) is 0. The third-order valence-electron chi connectivity index (χ3n) is 7.41. The van der Waals surface area contributed by atoms with Gasteiger partial charge in [-0.2, -0.15) is 9.97 Å². The molecule has 0 fully saturated rings. The Bertz CT molecular complexity index is 1910.